The molecule has 1 aliphatic rings. The Balaban J connectivity index is 1.42. The number of benzene rings is 1. The molecule has 4 rings (SSSR count). The van der Waals surface area contributed by atoms with Crippen molar-refractivity contribution in [3.63, 3.8) is 0 Å². The molecule has 9 heteroatoms. The molecule has 0 radical (unpaired) electrons. The molecule has 0 fully saturated rings. The number of hydrogen-bond acceptors (Lipinski definition) is 7. The highest BCUT2D eigenvalue weighted by Gasteiger charge is 2.26. The average molecular weight is 425 g/mol. The maximum Gasteiger partial charge on any atom is 0.337 e. The summed E-state index contributed by atoms with van der Waals surface area (Å²) in [6, 6.07) is 6.79. The zero-order chi connectivity index (χ0) is 21.3. The molecule has 2 aromatic heterocycles. The molecular weight excluding hydrogens is 406 g/mol. The van der Waals surface area contributed by atoms with Crippen LogP contribution in [0, 0.1) is 6.92 Å². The zero-order valence-corrected chi connectivity index (χ0v) is 17.2. The number of esters is 1. The van der Waals surface area contributed by atoms with Gasteiger partial charge in [0, 0.05) is 17.6 Å². The van der Waals surface area contributed by atoms with Gasteiger partial charge in [-0.2, -0.15) is 0 Å². The molecule has 0 aliphatic carbocycles. The molecule has 0 spiro atoms. The lowest BCUT2D eigenvalue weighted by atomic mass is 10.1. The Hall–Kier alpha value is -3.46. The van der Waals surface area contributed by atoms with E-state index in [0.717, 1.165) is 11.3 Å². The number of fused-ring (bicyclic) bond motifs is 1. The standard InChI is InChI=1S/C21H19N3O5S/c1-12-16(6-8-29-12)19(26)23-21-22-15(11-30-21)10-18(25)24-7-5-13-9-14(20(27)28-2)3-4-17(13)24/h3-4,6,8-9,11H,5,7,10H2,1-2H3,(H,22,23,26). The van der Waals surface area contributed by atoms with Crippen LogP contribution < -0.4 is 10.2 Å². The van der Waals surface area contributed by atoms with Gasteiger partial charge < -0.3 is 14.1 Å². The number of nitrogens with zero attached hydrogens (tertiary/aromatic N) is 2. The normalized spacial score (nSPS) is 12.5. The Labute approximate surface area is 176 Å². The second-order valence-corrected chi connectivity index (χ2v) is 7.65. The molecule has 0 saturated carbocycles. The number of amides is 2. The van der Waals surface area contributed by atoms with Crippen molar-refractivity contribution in [2.24, 2.45) is 0 Å². The van der Waals surface area contributed by atoms with Crippen molar-refractivity contribution < 1.29 is 23.5 Å². The summed E-state index contributed by atoms with van der Waals surface area (Å²) in [5.74, 6) is -0.260. The molecule has 2 amide bonds. The van der Waals surface area contributed by atoms with E-state index in [0.29, 0.717) is 40.7 Å². The van der Waals surface area contributed by atoms with Gasteiger partial charge in [-0.05, 0) is 43.2 Å². The zero-order valence-electron chi connectivity index (χ0n) is 16.4. The monoisotopic (exact) mass is 425 g/mol. The van der Waals surface area contributed by atoms with Crippen molar-refractivity contribution in [1.82, 2.24) is 4.98 Å². The first-order valence-corrected chi connectivity index (χ1v) is 10.2. The van der Waals surface area contributed by atoms with Gasteiger partial charge >= 0.3 is 5.97 Å². The summed E-state index contributed by atoms with van der Waals surface area (Å²) in [4.78, 5) is 42.8. The lowest BCUT2D eigenvalue weighted by molar-refractivity contribution is -0.117. The Bertz CT molecular complexity index is 1130. The molecule has 0 saturated heterocycles. The van der Waals surface area contributed by atoms with E-state index in [9.17, 15) is 14.4 Å². The predicted molar refractivity (Wildman–Crippen MR) is 111 cm³/mol. The molecule has 0 unspecified atom stereocenters. The van der Waals surface area contributed by atoms with Gasteiger partial charge in [0.25, 0.3) is 5.91 Å². The number of aromatic nitrogens is 1. The number of furan rings is 1. The van der Waals surface area contributed by atoms with Crippen molar-refractivity contribution in [3.05, 3.63) is 64.1 Å². The van der Waals surface area contributed by atoms with Crippen molar-refractivity contribution >= 4 is 39.9 Å². The molecule has 0 atom stereocenters. The van der Waals surface area contributed by atoms with Gasteiger partial charge in [0.2, 0.25) is 5.91 Å². The van der Waals surface area contributed by atoms with Gasteiger partial charge in [-0.15, -0.1) is 11.3 Å². The molecule has 0 bridgehead atoms. The van der Waals surface area contributed by atoms with Crippen molar-refractivity contribution in [2.75, 3.05) is 23.9 Å². The number of nitrogens with one attached hydrogen (secondary N) is 1. The van der Waals surface area contributed by atoms with Gasteiger partial charge in [0.05, 0.1) is 36.6 Å². The van der Waals surface area contributed by atoms with Crippen molar-refractivity contribution in [2.45, 2.75) is 19.8 Å². The largest absolute Gasteiger partial charge is 0.469 e. The second-order valence-electron chi connectivity index (χ2n) is 6.80. The number of anilines is 2. The quantitative estimate of drug-likeness (QED) is 0.630. The maximum atomic E-state index is 12.8. The Morgan fingerprint density at radius 2 is 2.13 bits per heavy atom. The highest BCUT2D eigenvalue weighted by Crippen LogP contribution is 2.30. The number of carbonyl (C=O) groups is 3. The molecule has 30 heavy (non-hydrogen) atoms. The Morgan fingerprint density at radius 3 is 2.87 bits per heavy atom. The molecule has 1 aromatic carbocycles. The topological polar surface area (TPSA) is 102 Å². The summed E-state index contributed by atoms with van der Waals surface area (Å²) in [6.07, 6.45) is 2.25. The summed E-state index contributed by atoms with van der Waals surface area (Å²) in [6.45, 7) is 2.26. The van der Waals surface area contributed by atoms with Crippen LogP contribution in [-0.4, -0.2) is 36.4 Å². The van der Waals surface area contributed by atoms with E-state index in [2.05, 4.69) is 10.3 Å². The van der Waals surface area contributed by atoms with Crippen LogP contribution in [0.25, 0.3) is 0 Å². The summed E-state index contributed by atoms with van der Waals surface area (Å²) in [5.41, 5.74) is 3.24. The van der Waals surface area contributed by atoms with E-state index in [1.807, 2.05) is 0 Å². The molecule has 3 heterocycles. The number of aryl methyl sites for hydroxylation is 1. The minimum atomic E-state index is -0.398. The van der Waals surface area contributed by atoms with Crippen LogP contribution in [0.5, 0.6) is 0 Å². The minimum absolute atomic E-state index is 0.0894. The third-order valence-corrected chi connectivity index (χ3v) is 5.71. The number of carbonyl (C=O) groups excluding carboxylic acids is 3. The number of methoxy groups -OCH3 is 1. The first-order chi connectivity index (χ1) is 14.5. The third-order valence-electron chi connectivity index (χ3n) is 4.91. The van der Waals surface area contributed by atoms with E-state index in [1.165, 1.54) is 24.7 Å². The third kappa shape index (κ3) is 3.84. The summed E-state index contributed by atoms with van der Waals surface area (Å²) in [5, 5.41) is 4.91. The van der Waals surface area contributed by atoms with E-state index in [-0.39, 0.29) is 18.2 Å². The van der Waals surface area contributed by atoms with Crippen LogP contribution in [0.2, 0.25) is 0 Å². The molecule has 8 nitrogen and oxygen atoms in total. The smallest absolute Gasteiger partial charge is 0.337 e. The maximum absolute atomic E-state index is 12.8. The SMILES string of the molecule is COC(=O)c1ccc2c(c1)CCN2C(=O)Cc1csc(NC(=O)c2ccoc2C)n1. The van der Waals surface area contributed by atoms with Crippen LogP contribution in [0.4, 0.5) is 10.8 Å². The predicted octanol–water partition coefficient (Wildman–Crippen LogP) is 3.22. The van der Waals surface area contributed by atoms with Crippen molar-refractivity contribution in [1.29, 1.82) is 0 Å². The first-order valence-electron chi connectivity index (χ1n) is 9.27. The van der Waals surface area contributed by atoms with E-state index in [1.54, 1.807) is 41.5 Å². The van der Waals surface area contributed by atoms with Gasteiger partial charge in [-0.3, -0.25) is 14.9 Å². The van der Waals surface area contributed by atoms with Crippen LogP contribution in [-0.2, 0) is 22.4 Å². The number of hydrogen-bond donors (Lipinski definition) is 1. The first kappa shape index (κ1) is 19.8. The highest BCUT2D eigenvalue weighted by molar-refractivity contribution is 7.14. The molecule has 1 N–H and O–H groups in total. The Kier molecular flexibility index (Phi) is 5.37. The van der Waals surface area contributed by atoms with Crippen LogP contribution in [0.1, 0.15) is 37.7 Å². The summed E-state index contributed by atoms with van der Waals surface area (Å²) in [7, 11) is 1.34. The van der Waals surface area contributed by atoms with E-state index >= 15 is 0 Å². The lowest BCUT2D eigenvalue weighted by Gasteiger charge is -2.17. The molecular formula is C21H19N3O5S. The highest BCUT2D eigenvalue weighted by atomic mass is 32.1. The van der Waals surface area contributed by atoms with Crippen LogP contribution in [0.15, 0.2) is 40.3 Å². The summed E-state index contributed by atoms with van der Waals surface area (Å²) < 4.78 is 9.89. The van der Waals surface area contributed by atoms with Crippen LogP contribution >= 0.6 is 11.3 Å². The van der Waals surface area contributed by atoms with Crippen molar-refractivity contribution in [3.8, 4) is 0 Å². The fourth-order valence-corrected chi connectivity index (χ4v) is 4.09. The van der Waals surface area contributed by atoms with Gasteiger partial charge in [-0.25, -0.2) is 9.78 Å². The average Bonchev–Trinajstić information content (AvgIpc) is 3.46. The van der Waals surface area contributed by atoms with Crippen LogP contribution in [0.3, 0.4) is 0 Å². The lowest BCUT2D eigenvalue weighted by Crippen LogP contribution is -2.30. The Morgan fingerprint density at radius 1 is 1.30 bits per heavy atom. The van der Waals surface area contributed by atoms with Gasteiger partial charge in [-0.1, -0.05) is 0 Å². The summed E-state index contributed by atoms with van der Waals surface area (Å²) >= 11 is 1.26. The van der Waals surface area contributed by atoms with E-state index < -0.39 is 5.97 Å². The fraction of sp³-hybridized carbons (Fsp3) is 0.238. The van der Waals surface area contributed by atoms with E-state index in [4.69, 9.17) is 9.15 Å². The molecule has 154 valence electrons. The number of thiazole rings is 1. The minimum Gasteiger partial charge on any atom is -0.469 e. The number of rotatable bonds is 5. The molecule has 3 aromatic rings. The number of ether oxygens (including phenoxy) is 1. The second kappa shape index (κ2) is 8.11. The molecule has 1 aliphatic heterocycles. The van der Waals surface area contributed by atoms with Gasteiger partial charge in [0.1, 0.15) is 5.76 Å². The fourth-order valence-electron chi connectivity index (χ4n) is 3.39. The van der Waals surface area contributed by atoms with Gasteiger partial charge in [0.15, 0.2) is 5.13 Å².